The van der Waals surface area contributed by atoms with E-state index in [4.69, 9.17) is 4.74 Å². The summed E-state index contributed by atoms with van der Waals surface area (Å²) in [5.41, 5.74) is 1.07. The Morgan fingerprint density at radius 1 is 1.29 bits per heavy atom. The molecule has 0 radical (unpaired) electrons. The molecule has 1 unspecified atom stereocenters. The molecule has 0 aliphatic heterocycles. The summed E-state index contributed by atoms with van der Waals surface area (Å²) >= 11 is 0. The van der Waals surface area contributed by atoms with Gasteiger partial charge in [-0.25, -0.2) is 0 Å². The van der Waals surface area contributed by atoms with Crippen LogP contribution in [0, 0.1) is 5.92 Å². The van der Waals surface area contributed by atoms with Crippen molar-refractivity contribution in [1.82, 2.24) is 10.6 Å². The van der Waals surface area contributed by atoms with E-state index in [-0.39, 0.29) is 29.6 Å². The molecular formula is C16H27ClN2O2. The van der Waals surface area contributed by atoms with Gasteiger partial charge in [0, 0.05) is 24.4 Å². The lowest BCUT2D eigenvalue weighted by atomic mass is 9.84. The Labute approximate surface area is 134 Å². The molecule has 21 heavy (non-hydrogen) atoms. The van der Waals surface area contributed by atoms with Gasteiger partial charge in [0.1, 0.15) is 5.75 Å². The van der Waals surface area contributed by atoms with Crippen molar-refractivity contribution >= 4 is 18.3 Å². The molecule has 0 aliphatic carbocycles. The molecule has 4 nitrogen and oxygen atoms in total. The number of halogens is 1. The molecule has 0 saturated carbocycles. The van der Waals surface area contributed by atoms with Gasteiger partial charge in [0.15, 0.2) is 0 Å². The molecule has 0 bridgehead atoms. The second kappa shape index (κ2) is 8.90. The summed E-state index contributed by atoms with van der Waals surface area (Å²) in [6.07, 6.45) is 0. The molecule has 0 spiro atoms. The molecule has 0 aromatic heterocycles. The number of nitrogens with one attached hydrogen (secondary N) is 2. The number of hydrogen-bond acceptors (Lipinski definition) is 3. The van der Waals surface area contributed by atoms with E-state index in [1.165, 1.54) is 5.56 Å². The first-order valence-corrected chi connectivity index (χ1v) is 6.97. The third-order valence-corrected chi connectivity index (χ3v) is 3.53. The Morgan fingerprint density at radius 2 is 1.86 bits per heavy atom. The highest BCUT2D eigenvalue weighted by molar-refractivity contribution is 5.85. The minimum absolute atomic E-state index is 0. The van der Waals surface area contributed by atoms with Gasteiger partial charge in [0.2, 0.25) is 5.91 Å². The monoisotopic (exact) mass is 314 g/mol. The second-order valence-corrected chi connectivity index (χ2v) is 5.79. The zero-order valence-electron chi connectivity index (χ0n) is 13.5. The number of rotatable bonds is 7. The molecule has 1 aromatic rings. The number of amides is 1. The van der Waals surface area contributed by atoms with Crippen LogP contribution in [0.4, 0.5) is 0 Å². The lowest BCUT2D eigenvalue weighted by molar-refractivity contribution is -0.124. The van der Waals surface area contributed by atoms with Gasteiger partial charge >= 0.3 is 0 Å². The van der Waals surface area contributed by atoms with Crippen LogP contribution in [0.15, 0.2) is 24.3 Å². The molecular weight excluding hydrogens is 288 g/mol. The Morgan fingerprint density at radius 3 is 2.33 bits per heavy atom. The average molecular weight is 315 g/mol. The number of methoxy groups -OCH3 is 1. The highest BCUT2D eigenvalue weighted by atomic mass is 35.5. The average Bonchev–Trinajstić information content (AvgIpc) is 2.45. The number of carbonyl (C=O) groups is 1. The van der Waals surface area contributed by atoms with E-state index >= 15 is 0 Å². The maximum atomic E-state index is 11.9. The van der Waals surface area contributed by atoms with Crippen LogP contribution in [0.1, 0.15) is 26.3 Å². The van der Waals surface area contributed by atoms with E-state index in [2.05, 4.69) is 24.5 Å². The zero-order chi connectivity index (χ0) is 15.2. The van der Waals surface area contributed by atoms with Crippen LogP contribution in [0.2, 0.25) is 0 Å². The van der Waals surface area contributed by atoms with Crippen LogP contribution >= 0.6 is 12.4 Å². The molecule has 1 atom stereocenters. The quantitative estimate of drug-likeness (QED) is 0.812. The van der Waals surface area contributed by atoms with Gasteiger partial charge in [-0.15, -0.1) is 12.4 Å². The molecule has 1 rings (SSSR count). The van der Waals surface area contributed by atoms with E-state index < -0.39 is 0 Å². The highest BCUT2D eigenvalue weighted by Gasteiger charge is 2.22. The number of carbonyl (C=O) groups excluding carboxylic acids is 1. The standard InChI is InChI=1S/C16H26N2O2.ClH/c1-12(10-17-4)15(19)18-11-16(2,3)13-6-8-14(20-5)9-7-13;/h6-9,12,17H,10-11H2,1-5H3,(H,18,19);1H. The first-order chi connectivity index (χ1) is 9.40. The van der Waals surface area contributed by atoms with Crippen LogP contribution in [-0.4, -0.2) is 33.2 Å². The predicted molar refractivity (Wildman–Crippen MR) is 89.4 cm³/mol. The predicted octanol–water partition coefficient (Wildman–Crippen LogP) is 2.37. The fourth-order valence-electron chi connectivity index (χ4n) is 2.03. The summed E-state index contributed by atoms with van der Waals surface area (Å²) in [6.45, 7) is 7.48. The van der Waals surface area contributed by atoms with E-state index in [0.717, 1.165) is 5.75 Å². The summed E-state index contributed by atoms with van der Waals surface area (Å²) in [6, 6.07) is 7.98. The fourth-order valence-corrected chi connectivity index (χ4v) is 2.03. The molecule has 1 amide bonds. The van der Waals surface area contributed by atoms with Crippen LogP contribution in [-0.2, 0) is 10.2 Å². The van der Waals surface area contributed by atoms with Crippen LogP contribution in [0.3, 0.4) is 0 Å². The van der Waals surface area contributed by atoms with Crippen molar-refractivity contribution in [3.8, 4) is 5.75 Å². The van der Waals surface area contributed by atoms with Gasteiger partial charge in [-0.05, 0) is 24.7 Å². The molecule has 2 N–H and O–H groups in total. The van der Waals surface area contributed by atoms with Crippen LogP contribution < -0.4 is 15.4 Å². The molecule has 0 fully saturated rings. The number of hydrogen-bond donors (Lipinski definition) is 2. The van der Waals surface area contributed by atoms with Crippen LogP contribution in [0.5, 0.6) is 5.75 Å². The Balaban J connectivity index is 0.00000400. The third-order valence-electron chi connectivity index (χ3n) is 3.53. The van der Waals surface area contributed by atoms with E-state index in [1.807, 2.05) is 38.2 Å². The van der Waals surface area contributed by atoms with Crippen molar-refractivity contribution in [2.75, 3.05) is 27.2 Å². The van der Waals surface area contributed by atoms with E-state index in [1.54, 1.807) is 7.11 Å². The summed E-state index contributed by atoms with van der Waals surface area (Å²) in [4.78, 5) is 11.9. The van der Waals surface area contributed by atoms with E-state index in [0.29, 0.717) is 13.1 Å². The fraction of sp³-hybridized carbons (Fsp3) is 0.562. The molecule has 0 aliphatic rings. The largest absolute Gasteiger partial charge is 0.497 e. The summed E-state index contributed by atoms with van der Waals surface area (Å²) in [5, 5.41) is 6.04. The Bertz CT molecular complexity index is 432. The molecule has 1 aromatic carbocycles. The number of ether oxygens (including phenoxy) is 1. The molecule has 0 saturated heterocycles. The SMILES string of the molecule is CNCC(C)C(=O)NCC(C)(C)c1ccc(OC)cc1.Cl. The molecule has 120 valence electrons. The normalized spacial score (nSPS) is 12.2. The highest BCUT2D eigenvalue weighted by Crippen LogP contribution is 2.24. The van der Waals surface area contributed by atoms with Crippen molar-refractivity contribution in [3.05, 3.63) is 29.8 Å². The smallest absolute Gasteiger partial charge is 0.224 e. The molecule has 0 heterocycles. The third kappa shape index (κ3) is 5.94. The van der Waals surface area contributed by atoms with Crippen molar-refractivity contribution < 1.29 is 9.53 Å². The van der Waals surface area contributed by atoms with Crippen molar-refractivity contribution in [1.29, 1.82) is 0 Å². The maximum absolute atomic E-state index is 11.9. The van der Waals surface area contributed by atoms with Gasteiger partial charge in [-0.3, -0.25) is 4.79 Å². The maximum Gasteiger partial charge on any atom is 0.224 e. The lowest BCUT2D eigenvalue weighted by Gasteiger charge is -2.26. The first-order valence-electron chi connectivity index (χ1n) is 6.97. The van der Waals surface area contributed by atoms with E-state index in [9.17, 15) is 4.79 Å². The zero-order valence-corrected chi connectivity index (χ0v) is 14.3. The van der Waals surface area contributed by atoms with Gasteiger partial charge in [-0.2, -0.15) is 0 Å². The minimum atomic E-state index is -0.110. The summed E-state index contributed by atoms with van der Waals surface area (Å²) in [5.74, 6) is 0.906. The Kier molecular flexibility index (Phi) is 8.37. The topological polar surface area (TPSA) is 50.4 Å². The van der Waals surface area contributed by atoms with Gasteiger partial charge in [-0.1, -0.05) is 32.9 Å². The van der Waals surface area contributed by atoms with Crippen molar-refractivity contribution in [2.45, 2.75) is 26.2 Å². The number of benzene rings is 1. The summed E-state index contributed by atoms with van der Waals surface area (Å²) in [7, 11) is 3.51. The van der Waals surface area contributed by atoms with Gasteiger partial charge in [0.25, 0.3) is 0 Å². The first kappa shape index (κ1) is 19.7. The Hall–Kier alpha value is -1.26. The van der Waals surface area contributed by atoms with Crippen molar-refractivity contribution in [3.63, 3.8) is 0 Å². The lowest BCUT2D eigenvalue weighted by Crippen LogP contribution is -2.41. The molecule has 5 heteroatoms. The van der Waals surface area contributed by atoms with Crippen LogP contribution in [0.25, 0.3) is 0 Å². The minimum Gasteiger partial charge on any atom is -0.497 e. The van der Waals surface area contributed by atoms with Gasteiger partial charge < -0.3 is 15.4 Å². The second-order valence-electron chi connectivity index (χ2n) is 5.79. The van der Waals surface area contributed by atoms with Crippen molar-refractivity contribution in [2.24, 2.45) is 5.92 Å². The van der Waals surface area contributed by atoms with Gasteiger partial charge in [0.05, 0.1) is 7.11 Å². The summed E-state index contributed by atoms with van der Waals surface area (Å²) < 4.78 is 5.16.